The Bertz CT molecular complexity index is 250. The molecule has 0 bridgehead atoms. The van der Waals surface area contributed by atoms with E-state index in [1.807, 2.05) is 37.3 Å². The quantitative estimate of drug-likeness (QED) is 0.619. The van der Waals surface area contributed by atoms with Crippen molar-refractivity contribution in [1.29, 1.82) is 0 Å². The van der Waals surface area contributed by atoms with Crippen LogP contribution in [-0.2, 0) is 9.05 Å². The Morgan fingerprint density at radius 3 is 2.67 bits per heavy atom. The zero-order valence-corrected chi connectivity index (χ0v) is 7.83. The van der Waals surface area contributed by atoms with Crippen LogP contribution < -0.4 is 5.30 Å². The minimum Gasteiger partial charge on any atom is -0.328 e. The molecular weight excluding hydrogens is 171 g/mol. The Morgan fingerprint density at radius 1 is 1.33 bits per heavy atom. The van der Waals surface area contributed by atoms with Crippen LogP contribution in [0.25, 0.3) is 0 Å². The normalized spacial score (nSPS) is 29.1. The van der Waals surface area contributed by atoms with Gasteiger partial charge in [0.1, 0.15) is 0 Å². The predicted molar refractivity (Wildman–Crippen MR) is 49.5 cm³/mol. The fraction of sp³-hybridized carbons (Fsp3) is 0.333. The van der Waals surface area contributed by atoms with Crippen molar-refractivity contribution in [3.63, 3.8) is 0 Å². The Hall–Kier alpha value is -0.430. The molecule has 1 aliphatic heterocycles. The van der Waals surface area contributed by atoms with Gasteiger partial charge in [0.15, 0.2) is 0 Å². The monoisotopic (exact) mass is 182 g/mol. The molecule has 1 aromatic rings. The van der Waals surface area contributed by atoms with Crippen LogP contribution in [0.2, 0.25) is 0 Å². The lowest BCUT2D eigenvalue weighted by atomic mass is 10.4. The van der Waals surface area contributed by atoms with Crippen LogP contribution in [0.1, 0.15) is 6.92 Å². The molecule has 0 radical (unpaired) electrons. The molecule has 0 aliphatic carbocycles. The van der Waals surface area contributed by atoms with Crippen LogP contribution in [0.3, 0.4) is 0 Å². The van der Waals surface area contributed by atoms with Gasteiger partial charge in [-0.3, -0.25) is 0 Å². The van der Waals surface area contributed by atoms with Gasteiger partial charge in [-0.15, -0.1) is 0 Å². The summed E-state index contributed by atoms with van der Waals surface area (Å²) in [7, 11) is -0.780. The molecule has 1 saturated heterocycles. The van der Waals surface area contributed by atoms with Crippen molar-refractivity contribution >= 4 is 13.7 Å². The molecule has 0 aromatic heterocycles. The molecule has 0 spiro atoms. The van der Waals surface area contributed by atoms with Crippen LogP contribution in [0.4, 0.5) is 0 Å². The van der Waals surface area contributed by atoms with Crippen LogP contribution in [0.15, 0.2) is 30.3 Å². The summed E-state index contributed by atoms with van der Waals surface area (Å²) in [5, 5.41) is 1.16. The number of hydrogen-bond acceptors (Lipinski definition) is 2. The van der Waals surface area contributed by atoms with Crippen molar-refractivity contribution in [3.8, 4) is 0 Å². The molecule has 0 N–H and O–H groups in total. The number of benzene rings is 1. The minimum absolute atomic E-state index is 0.247. The molecular formula is C9H11O2P. The van der Waals surface area contributed by atoms with E-state index < -0.39 is 8.38 Å². The zero-order valence-electron chi connectivity index (χ0n) is 6.93. The third kappa shape index (κ3) is 1.66. The molecule has 1 aromatic carbocycles. The third-order valence-electron chi connectivity index (χ3n) is 1.67. The van der Waals surface area contributed by atoms with Crippen LogP contribution in [-0.4, -0.2) is 12.7 Å². The second-order valence-electron chi connectivity index (χ2n) is 2.80. The summed E-state index contributed by atoms with van der Waals surface area (Å²) in [5.41, 5.74) is 0. The van der Waals surface area contributed by atoms with E-state index in [-0.39, 0.29) is 6.10 Å². The highest BCUT2D eigenvalue weighted by molar-refractivity contribution is 7.56. The molecule has 1 fully saturated rings. The van der Waals surface area contributed by atoms with Gasteiger partial charge in [-0.05, 0) is 19.1 Å². The lowest BCUT2D eigenvalue weighted by molar-refractivity contribution is 0.262. The highest BCUT2D eigenvalue weighted by Crippen LogP contribution is 2.43. The summed E-state index contributed by atoms with van der Waals surface area (Å²) < 4.78 is 11.1. The highest BCUT2D eigenvalue weighted by Gasteiger charge is 2.24. The van der Waals surface area contributed by atoms with Crippen LogP contribution in [0, 0.1) is 0 Å². The van der Waals surface area contributed by atoms with E-state index >= 15 is 0 Å². The SMILES string of the molecule is CC1COP(c2ccccc2)O1. The van der Waals surface area contributed by atoms with E-state index in [2.05, 4.69) is 0 Å². The van der Waals surface area contributed by atoms with Gasteiger partial charge in [0, 0.05) is 5.30 Å². The van der Waals surface area contributed by atoms with Crippen molar-refractivity contribution in [2.24, 2.45) is 0 Å². The summed E-state index contributed by atoms with van der Waals surface area (Å²) in [6, 6.07) is 10.1. The summed E-state index contributed by atoms with van der Waals surface area (Å²) >= 11 is 0. The van der Waals surface area contributed by atoms with E-state index in [0.29, 0.717) is 0 Å². The molecule has 2 unspecified atom stereocenters. The highest BCUT2D eigenvalue weighted by atomic mass is 31.2. The molecule has 0 amide bonds. The first-order chi connectivity index (χ1) is 5.86. The fourth-order valence-corrected chi connectivity index (χ4v) is 2.56. The number of rotatable bonds is 1. The van der Waals surface area contributed by atoms with Gasteiger partial charge in [0.05, 0.1) is 12.7 Å². The molecule has 1 aliphatic rings. The zero-order chi connectivity index (χ0) is 8.39. The average Bonchev–Trinajstić information content (AvgIpc) is 2.54. The Balaban J connectivity index is 2.11. The van der Waals surface area contributed by atoms with Gasteiger partial charge in [-0.1, -0.05) is 18.2 Å². The maximum absolute atomic E-state index is 5.59. The van der Waals surface area contributed by atoms with Crippen molar-refractivity contribution in [2.75, 3.05) is 6.61 Å². The van der Waals surface area contributed by atoms with Gasteiger partial charge in [0.2, 0.25) is 8.38 Å². The summed E-state index contributed by atoms with van der Waals surface area (Å²) in [4.78, 5) is 0. The first-order valence-electron chi connectivity index (χ1n) is 4.01. The Kier molecular flexibility index (Phi) is 2.40. The Morgan fingerprint density at radius 2 is 2.08 bits per heavy atom. The minimum atomic E-state index is -0.780. The molecule has 0 saturated carbocycles. The van der Waals surface area contributed by atoms with Crippen LogP contribution >= 0.6 is 8.38 Å². The van der Waals surface area contributed by atoms with Gasteiger partial charge in [-0.25, -0.2) is 0 Å². The van der Waals surface area contributed by atoms with Crippen LogP contribution in [0.5, 0.6) is 0 Å². The molecule has 2 atom stereocenters. The van der Waals surface area contributed by atoms with Crippen molar-refractivity contribution in [3.05, 3.63) is 30.3 Å². The van der Waals surface area contributed by atoms with Crippen molar-refractivity contribution < 1.29 is 9.05 Å². The third-order valence-corrected chi connectivity index (χ3v) is 3.32. The van der Waals surface area contributed by atoms with Gasteiger partial charge < -0.3 is 9.05 Å². The van der Waals surface area contributed by atoms with E-state index in [0.717, 1.165) is 11.9 Å². The summed E-state index contributed by atoms with van der Waals surface area (Å²) in [5.74, 6) is 0. The van der Waals surface area contributed by atoms with Gasteiger partial charge in [-0.2, -0.15) is 0 Å². The fourth-order valence-electron chi connectivity index (χ4n) is 1.08. The second kappa shape index (κ2) is 3.53. The largest absolute Gasteiger partial charge is 0.328 e. The maximum atomic E-state index is 5.59. The van der Waals surface area contributed by atoms with E-state index in [9.17, 15) is 0 Å². The summed E-state index contributed by atoms with van der Waals surface area (Å²) in [6.45, 7) is 2.76. The van der Waals surface area contributed by atoms with E-state index in [4.69, 9.17) is 9.05 Å². The van der Waals surface area contributed by atoms with Crippen molar-refractivity contribution in [1.82, 2.24) is 0 Å². The lowest BCUT2D eigenvalue weighted by Crippen LogP contribution is -2.01. The first kappa shape index (κ1) is 8.18. The molecule has 2 nitrogen and oxygen atoms in total. The first-order valence-corrected chi connectivity index (χ1v) is 5.19. The number of hydrogen-bond donors (Lipinski definition) is 0. The maximum Gasteiger partial charge on any atom is 0.205 e. The van der Waals surface area contributed by atoms with E-state index in [1.165, 1.54) is 0 Å². The summed E-state index contributed by atoms with van der Waals surface area (Å²) in [6.07, 6.45) is 0.247. The second-order valence-corrected chi connectivity index (χ2v) is 4.30. The molecule has 12 heavy (non-hydrogen) atoms. The van der Waals surface area contributed by atoms with Gasteiger partial charge in [0.25, 0.3) is 0 Å². The molecule has 2 rings (SSSR count). The molecule has 1 heterocycles. The predicted octanol–water partition coefficient (Wildman–Crippen LogP) is 2.06. The molecule has 3 heteroatoms. The van der Waals surface area contributed by atoms with Gasteiger partial charge >= 0.3 is 0 Å². The average molecular weight is 182 g/mol. The standard InChI is InChI=1S/C9H11O2P/c1-8-7-10-12(11-8)9-5-3-2-4-6-9/h2-6,8H,7H2,1H3. The van der Waals surface area contributed by atoms with E-state index in [1.54, 1.807) is 0 Å². The molecule has 64 valence electrons. The Labute approximate surface area is 73.4 Å². The lowest BCUT2D eigenvalue weighted by Gasteiger charge is -2.07. The topological polar surface area (TPSA) is 18.5 Å². The smallest absolute Gasteiger partial charge is 0.205 e. The van der Waals surface area contributed by atoms with Crippen molar-refractivity contribution in [2.45, 2.75) is 13.0 Å².